The van der Waals surface area contributed by atoms with Gasteiger partial charge in [0.2, 0.25) is 0 Å². The third kappa shape index (κ3) is 2.72. The Balaban J connectivity index is 2.50. The number of hydrogen-bond acceptors (Lipinski definition) is 3. The monoisotopic (exact) mass is 279 g/mol. The van der Waals surface area contributed by atoms with Gasteiger partial charge >= 0.3 is 0 Å². The van der Waals surface area contributed by atoms with Crippen LogP contribution >= 0.6 is 0 Å². The zero-order valence-electron chi connectivity index (χ0n) is 11.2. The lowest BCUT2D eigenvalue weighted by molar-refractivity contribution is 0.393. The van der Waals surface area contributed by atoms with Crippen LogP contribution in [0.3, 0.4) is 0 Å². The summed E-state index contributed by atoms with van der Waals surface area (Å²) in [6.07, 6.45) is 0. The molecule has 0 aliphatic heterocycles. The summed E-state index contributed by atoms with van der Waals surface area (Å²) >= 11 is 0. The van der Waals surface area contributed by atoms with Crippen LogP contribution in [0.2, 0.25) is 0 Å². The minimum atomic E-state index is -0.944. The first-order chi connectivity index (χ1) is 9.56. The average molecular weight is 279 g/mol. The summed E-state index contributed by atoms with van der Waals surface area (Å²) in [7, 11) is 2.99. The van der Waals surface area contributed by atoms with Crippen LogP contribution in [0.4, 0.5) is 8.78 Å². The fourth-order valence-corrected chi connectivity index (χ4v) is 1.98. The molecule has 1 atom stereocenters. The fraction of sp³-hybridized carbons (Fsp3) is 0.200. The van der Waals surface area contributed by atoms with Crippen molar-refractivity contribution in [2.45, 2.75) is 6.04 Å². The molecule has 2 rings (SSSR count). The van der Waals surface area contributed by atoms with Crippen LogP contribution in [0.25, 0.3) is 0 Å². The van der Waals surface area contributed by atoms with Gasteiger partial charge in [-0.25, -0.2) is 8.78 Å². The lowest BCUT2D eigenvalue weighted by atomic mass is 9.98. The van der Waals surface area contributed by atoms with Gasteiger partial charge in [0.1, 0.15) is 23.1 Å². The quantitative estimate of drug-likeness (QED) is 0.935. The molecule has 0 aliphatic carbocycles. The van der Waals surface area contributed by atoms with Gasteiger partial charge < -0.3 is 15.2 Å². The Hall–Kier alpha value is -2.14. The van der Waals surface area contributed by atoms with Crippen molar-refractivity contribution in [3.05, 3.63) is 59.2 Å². The van der Waals surface area contributed by atoms with E-state index in [1.54, 1.807) is 18.2 Å². The molecule has 0 radical (unpaired) electrons. The van der Waals surface area contributed by atoms with E-state index in [2.05, 4.69) is 0 Å². The summed E-state index contributed by atoms with van der Waals surface area (Å²) in [6.45, 7) is 0. The molecule has 2 N–H and O–H groups in total. The Kier molecular flexibility index (Phi) is 4.20. The second kappa shape index (κ2) is 5.88. The molecule has 5 heteroatoms. The zero-order chi connectivity index (χ0) is 14.7. The van der Waals surface area contributed by atoms with Crippen LogP contribution < -0.4 is 15.2 Å². The van der Waals surface area contributed by atoms with Crippen molar-refractivity contribution in [3.63, 3.8) is 0 Å². The van der Waals surface area contributed by atoms with Gasteiger partial charge in [-0.05, 0) is 29.8 Å². The first-order valence-electron chi connectivity index (χ1n) is 5.99. The summed E-state index contributed by atoms with van der Waals surface area (Å²) in [4.78, 5) is 0. The van der Waals surface area contributed by atoms with E-state index in [-0.39, 0.29) is 5.56 Å². The Morgan fingerprint density at radius 3 is 1.90 bits per heavy atom. The number of halogens is 2. The molecule has 0 saturated heterocycles. The third-order valence-corrected chi connectivity index (χ3v) is 3.04. The smallest absolute Gasteiger partial charge is 0.131 e. The number of rotatable bonds is 4. The highest BCUT2D eigenvalue weighted by Gasteiger charge is 2.19. The van der Waals surface area contributed by atoms with Gasteiger partial charge in [0.15, 0.2) is 0 Å². The number of ether oxygens (including phenoxy) is 2. The maximum atomic E-state index is 13.8. The van der Waals surface area contributed by atoms with Crippen LogP contribution in [0, 0.1) is 11.6 Å². The summed E-state index contributed by atoms with van der Waals surface area (Å²) < 4.78 is 37.8. The van der Waals surface area contributed by atoms with Crippen molar-refractivity contribution in [1.82, 2.24) is 0 Å². The van der Waals surface area contributed by atoms with Gasteiger partial charge in [-0.3, -0.25) is 0 Å². The molecular formula is C15H15F2NO2. The number of nitrogens with two attached hydrogens (primary N) is 1. The van der Waals surface area contributed by atoms with Crippen LogP contribution in [0.1, 0.15) is 17.2 Å². The number of benzene rings is 2. The topological polar surface area (TPSA) is 44.5 Å². The predicted octanol–water partition coefficient (Wildman–Crippen LogP) is 3.03. The minimum absolute atomic E-state index is 0.178. The lowest BCUT2D eigenvalue weighted by Crippen LogP contribution is -2.15. The van der Waals surface area contributed by atoms with E-state index in [1.807, 2.05) is 0 Å². The van der Waals surface area contributed by atoms with Crippen LogP contribution in [0.5, 0.6) is 11.5 Å². The predicted molar refractivity (Wildman–Crippen MR) is 71.9 cm³/mol. The van der Waals surface area contributed by atoms with Crippen molar-refractivity contribution in [2.75, 3.05) is 14.2 Å². The van der Waals surface area contributed by atoms with Gasteiger partial charge in [-0.1, -0.05) is 6.07 Å². The standard InChI is InChI=1S/C15H15F2NO2/c1-19-10-6-9(7-11(8-10)20-2)15(18)14-12(16)4-3-5-13(14)17/h3-8,15H,18H2,1-2H3. The molecule has 2 aromatic rings. The molecule has 0 fully saturated rings. The summed E-state index contributed by atoms with van der Waals surface area (Å²) in [5.41, 5.74) is 6.30. The molecular weight excluding hydrogens is 264 g/mol. The van der Waals surface area contributed by atoms with Crippen LogP contribution in [0.15, 0.2) is 36.4 Å². The van der Waals surface area contributed by atoms with Crippen molar-refractivity contribution >= 4 is 0 Å². The maximum absolute atomic E-state index is 13.8. The van der Waals surface area contributed by atoms with Gasteiger partial charge in [0, 0.05) is 11.6 Å². The van der Waals surface area contributed by atoms with Gasteiger partial charge in [-0.2, -0.15) is 0 Å². The van der Waals surface area contributed by atoms with E-state index in [0.29, 0.717) is 17.1 Å². The molecule has 0 aliphatic rings. The van der Waals surface area contributed by atoms with E-state index in [9.17, 15) is 8.78 Å². The minimum Gasteiger partial charge on any atom is -0.497 e. The highest BCUT2D eigenvalue weighted by atomic mass is 19.1. The SMILES string of the molecule is COc1cc(OC)cc(C(N)c2c(F)cccc2F)c1. The second-order valence-corrected chi connectivity index (χ2v) is 4.26. The van der Waals surface area contributed by atoms with Gasteiger partial charge in [0.05, 0.1) is 20.3 Å². The van der Waals surface area contributed by atoms with Crippen LogP contribution in [-0.4, -0.2) is 14.2 Å². The number of hydrogen-bond donors (Lipinski definition) is 1. The van der Waals surface area contributed by atoms with E-state index in [4.69, 9.17) is 15.2 Å². The fourth-order valence-electron chi connectivity index (χ4n) is 1.98. The normalized spacial score (nSPS) is 12.1. The first-order valence-corrected chi connectivity index (χ1v) is 5.99. The third-order valence-electron chi connectivity index (χ3n) is 3.04. The van der Waals surface area contributed by atoms with E-state index in [1.165, 1.54) is 32.4 Å². The molecule has 106 valence electrons. The largest absolute Gasteiger partial charge is 0.497 e. The average Bonchev–Trinajstić information content (AvgIpc) is 2.46. The van der Waals surface area contributed by atoms with Gasteiger partial charge in [-0.15, -0.1) is 0 Å². The number of methoxy groups -OCH3 is 2. The summed E-state index contributed by atoms with van der Waals surface area (Å²) in [5.74, 6) is -0.350. The molecule has 0 aromatic heterocycles. The van der Waals surface area contributed by atoms with Gasteiger partial charge in [0.25, 0.3) is 0 Å². The lowest BCUT2D eigenvalue weighted by Gasteiger charge is -2.16. The Labute approximate surface area is 115 Å². The highest BCUT2D eigenvalue weighted by Crippen LogP contribution is 2.30. The Morgan fingerprint density at radius 1 is 0.950 bits per heavy atom. The zero-order valence-corrected chi connectivity index (χ0v) is 11.2. The van der Waals surface area contributed by atoms with Crippen molar-refractivity contribution in [2.24, 2.45) is 5.73 Å². The van der Waals surface area contributed by atoms with E-state index < -0.39 is 17.7 Å². The summed E-state index contributed by atoms with van der Waals surface area (Å²) in [5, 5.41) is 0. The van der Waals surface area contributed by atoms with E-state index >= 15 is 0 Å². The maximum Gasteiger partial charge on any atom is 0.131 e. The Morgan fingerprint density at radius 2 is 1.45 bits per heavy atom. The molecule has 0 saturated carbocycles. The van der Waals surface area contributed by atoms with Crippen molar-refractivity contribution in [1.29, 1.82) is 0 Å². The highest BCUT2D eigenvalue weighted by molar-refractivity contribution is 5.43. The summed E-state index contributed by atoms with van der Waals surface area (Å²) in [6, 6.07) is 7.62. The molecule has 1 unspecified atom stereocenters. The molecule has 3 nitrogen and oxygen atoms in total. The van der Waals surface area contributed by atoms with E-state index in [0.717, 1.165) is 0 Å². The Bertz CT molecular complexity index is 574. The van der Waals surface area contributed by atoms with Crippen LogP contribution in [-0.2, 0) is 0 Å². The molecule has 0 spiro atoms. The molecule has 0 amide bonds. The van der Waals surface area contributed by atoms with Crippen molar-refractivity contribution < 1.29 is 18.3 Å². The second-order valence-electron chi connectivity index (χ2n) is 4.26. The molecule has 0 heterocycles. The molecule has 2 aromatic carbocycles. The first kappa shape index (κ1) is 14.3. The van der Waals surface area contributed by atoms with Crippen molar-refractivity contribution in [3.8, 4) is 11.5 Å². The molecule has 0 bridgehead atoms. The molecule has 20 heavy (non-hydrogen) atoms.